The minimum atomic E-state index is -0.0268. The van der Waals surface area contributed by atoms with Crippen molar-refractivity contribution in [3.05, 3.63) is 60.3 Å². The second-order valence-electron chi connectivity index (χ2n) is 6.98. The first-order valence-electron chi connectivity index (χ1n) is 10.3. The van der Waals surface area contributed by atoms with Gasteiger partial charge in [0.25, 0.3) is 5.91 Å². The third kappa shape index (κ3) is 4.48. The maximum Gasteiger partial charge on any atom is 0.257 e. The Morgan fingerprint density at radius 1 is 1.07 bits per heavy atom. The molecule has 6 heteroatoms. The van der Waals surface area contributed by atoms with E-state index >= 15 is 0 Å². The summed E-state index contributed by atoms with van der Waals surface area (Å²) in [6.07, 6.45) is 3.81. The first kappa shape index (κ1) is 21.4. The van der Waals surface area contributed by atoms with Crippen molar-refractivity contribution in [2.75, 3.05) is 27.3 Å². The van der Waals surface area contributed by atoms with Crippen LogP contribution in [-0.4, -0.2) is 47.9 Å². The lowest BCUT2D eigenvalue weighted by Gasteiger charge is -2.20. The summed E-state index contributed by atoms with van der Waals surface area (Å²) < 4.78 is 12.7. The molecule has 0 saturated heterocycles. The quantitative estimate of drug-likeness (QED) is 0.510. The van der Waals surface area contributed by atoms with E-state index in [0.29, 0.717) is 29.3 Å². The zero-order chi connectivity index (χ0) is 21.5. The monoisotopic (exact) mass is 407 g/mol. The molecule has 0 aliphatic carbocycles. The fourth-order valence-corrected chi connectivity index (χ4v) is 3.36. The number of carbonyl (C=O) groups is 1. The number of aromatic nitrogens is 2. The van der Waals surface area contributed by atoms with Crippen molar-refractivity contribution in [1.82, 2.24) is 14.7 Å². The smallest absolute Gasteiger partial charge is 0.257 e. The zero-order valence-corrected chi connectivity index (χ0v) is 18.1. The van der Waals surface area contributed by atoms with Crippen LogP contribution in [0.5, 0.6) is 11.5 Å². The summed E-state index contributed by atoms with van der Waals surface area (Å²) in [6.45, 7) is 5.50. The van der Waals surface area contributed by atoms with E-state index < -0.39 is 0 Å². The number of rotatable bonds is 9. The summed E-state index contributed by atoms with van der Waals surface area (Å²) in [6, 6.07) is 15.3. The molecule has 3 rings (SSSR count). The van der Waals surface area contributed by atoms with Crippen molar-refractivity contribution in [3.8, 4) is 28.4 Å². The third-order valence-corrected chi connectivity index (χ3v) is 5.08. The van der Waals surface area contributed by atoms with Crippen LogP contribution in [0.15, 0.2) is 54.7 Å². The molecule has 0 unspecified atom stereocenters. The van der Waals surface area contributed by atoms with E-state index in [1.54, 1.807) is 25.0 Å². The van der Waals surface area contributed by atoms with Gasteiger partial charge in [0.05, 0.1) is 25.5 Å². The van der Waals surface area contributed by atoms with Crippen LogP contribution in [-0.2, 0) is 0 Å². The number of unbranched alkanes of at least 4 members (excludes halogenated alkanes) is 1. The van der Waals surface area contributed by atoms with Crippen LogP contribution in [0.25, 0.3) is 16.9 Å². The van der Waals surface area contributed by atoms with Gasteiger partial charge in [0, 0.05) is 30.9 Å². The second kappa shape index (κ2) is 9.96. The molecule has 0 atom stereocenters. The van der Waals surface area contributed by atoms with Crippen LogP contribution < -0.4 is 9.47 Å². The summed E-state index contributed by atoms with van der Waals surface area (Å²) >= 11 is 0. The molecule has 158 valence electrons. The van der Waals surface area contributed by atoms with Gasteiger partial charge < -0.3 is 14.4 Å². The number of amides is 1. The number of carbonyl (C=O) groups excluding carboxylic acids is 1. The molecule has 0 spiro atoms. The van der Waals surface area contributed by atoms with Gasteiger partial charge in [-0.2, -0.15) is 5.10 Å². The molecule has 0 aliphatic rings. The summed E-state index contributed by atoms with van der Waals surface area (Å²) in [5.74, 6) is 1.27. The van der Waals surface area contributed by atoms with Crippen LogP contribution in [0.4, 0.5) is 0 Å². The van der Waals surface area contributed by atoms with Crippen molar-refractivity contribution in [1.29, 1.82) is 0 Å². The van der Waals surface area contributed by atoms with Gasteiger partial charge in [-0.25, -0.2) is 4.68 Å². The van der Waals surface area contributed by atoms with E-state index in [4.69, 9.17) is 14.6 Å². The predicted molar refractivity (Wildman–Crippen MR) is 119 cm³/mol. The maximum atomic E-state index is 13.5. The Balaban J connectivity index is 2.13. The molecule has 30 heavy (non-hydrogen) atoms. The van der Waals surface area contributed by atoms with E-state index in [9.17, 15) is 4.79 Å². The van der Waals surface area contributed by atoms with Crippen LogP contribution in [0, 0.1) is 0 Å². The van der Waals surface area contributed by atoms with E-state index in [2.05, 4.69) is 6.92 Å². The zero-order valence-electron chi connectivity index (χ0n) is 18.1. The van der Waals surface area contributed by atoms with Crippen molar-refractivity contribution in [2.45, 2.75) is 26.7 Å². The fraction of sp³-hybridized carbons (Fsp3) is 0.333. The number of nitrogens with zero attached hydrogens (tertiary/aromatic N) is 3. The minimum absolute atomic E-state index is 0.0268. The van der Waals surface area contributed by atoms with Gasteiger partial charge in [-0.3, -0.25) is 4.79 Å². The van der Waals surface area contributed by atoms with Crippen molar-refractivity contribution < 1.29 is 14.3 Å². The van der Waals surface area contributed by atoms with Crippen LogP contribution in [0.2, 0.25) is 0 Å². The van der Waals surface area contributed by atoms with Crippen molar-refractivity contribution >= 4 is 5.91 Å². The summed E-state index contributed by atoms with van der Waals surface area (Å²) in [4.78, 5) is 15.3. The highest BCUT2D eigenvalue weighted by atomic mass is 16.5. The molecule has 6 nitrogen and oxygen atoms in total. The summed E-state index contributed by atoms with van der Waals surface area (Å²) in [5.41, 5.74) is 2.79. The lowest BCUT2D eigenvalue weighted by atomic mass is 10.1. The molecule has 0 saturated carbocycles. The van der Waals surface area contributed by atoms with Crippen molar-refractivity contribution in [2.24, 2.45) is 0 Å². The van der Waals surface area contributed by atoms with E-state index in [1.165, 1.54) is 0 Å². The first-order valence-corrected chi connectivity index (χ1v) is 10.3. The number of methoxy groups -OCH3 is 2. The average Bonchev–Trinajstić information content (AvgIpc) is 3.24. The molecular weight excluding hydrogens is 378 g/mol. The average molecular weight is 408 g/mol. The second-order valence-corrected chi connectivity index (χ2v) is 6.98. The van der Waals surface area contributed by atoms with Gasteiger partial charge >= 0.3 is 0 Å². The molecule has 1 heterocycles. The van der Waals surface area contributed by atoms with Gasteiger partial charge in [0.15, 0.2) is 0 Å². The molecule has 0 aliphatic heterocycles. The first-order chi connectivity index (χ1) is 14.6. The highest BCUT2D eigenvalue weighted by molar-refractivity contribution is 6.00. The Hall–Kier alpha value is -3.28. The molecule has 2 aromatic carbocycles. The van der Waals surface area contributed by atoms with Crippen molar-refractivity contribution in [3.63, 3.8) is 0 Å². The Kier molecular flexibility index (Phi) is 7.12. The molecule has 0 radical (unpaired) electrons. The normalized spacial score (nSPS) is 10.7. The van der Waals surface area contributed by atoms with Crippen LogP contribution in [0.1, 0.15) is 37.0 Å². The van der Waals surface area contributed by atoms with E-state index in [0.717, 1.165) is 30.6 Å². The Labute approximate surface area is 178 Å². The predicted octanol–water partition coefficient (Wildman–Crippen LogP) is 4.82. The molecule has 0 fully saturated rings. The number of hydrogen-bond acceptors (Lipinski definition) is 4. The van der Waals surface area contributed by atoms with E-state index in [1.807, 2.05) is 60.5 Å². The maximum absolute atomic E-state index is 13.5. The standard InChI is InChI=1S/C24H29N3O3/c1-5-7-15-26(6-2)24(28)21-17-27(18-11-9-8-10-12-18)25-23(21)20-14-13-19(29-3)16-22(20)30-4/h8-14,16-17H,5-7,15H2,1-4H3. The summed E-state index contributed by atoms with van der Waals surface area (Å²) in [7, 11) is 3.22. The van der Waals surface area contributed by atoms with Gasteiger partial charge in [-0.05, 0) is 37.6 Å². The lowest BCUT2D eigenvalue weighted by Crippen LogP contribution is -2.31. The third-order valence-electron chi connectivity index (χ3n) is 5.08. The largest absolute Gasteiger partial charge is 0.497 e. The SMILES string of the molecule is CCCCN(CC)C(=O)c1cn(-c2ccccc2)nc1-c1ccc(OC)cc1OC. The van der Waals surface area contributed by atoms with Crippen LogP contribution >= 0.6 is 0 Å². The summed E-state index contributed by atoms with van der Waals surface area (Å²) in [5, 5.41) is 4.78. The Bertz CT molecular complexity index is 983. The topological polar surface area (TPSA) is 56.6 Å². The molecule has 3 aromatic rings. The molecule has 0 N–H and O–H groups in total. The molecule has 1 amide bonds. The Morgan fingerprint density at radius 2 is 1.83 bits per heavy atom. The number of para-hydroxylation sites is 1. The van der Waals surface area contributed by atoms with Gasteiger partial charge in [-0.1, -0.05) is 31.5 Å². The van der Waals surface area contributed by atoms with Gasteiger partial charge in [0.2, 0.25) is 0 Å². The molecule has 0 bridgehead atoms. The highest BCUT2D eigenvalue weighted by Gasteiger charge is 2.24. The molecule has 1 aromatic heterocycles. The fourth-order valence-electron chi connectivity index (χ4n) is 3.36. The number of hydrogen-bond donors (Lipinski definition) is 0. The minimum Gasteiger partial charge on any atom is -0.497 e. The van der Waals surface area contributed by atoms with Gasteiger partial charge in [-0.15, -0.1) is 0 Å². The lowest BCUT2D eigenvalue weighted by molar-refractivity contribution is 0.0763. The van der Waals surface area contributed by atoms with Crippen LogP contribution in [0.3, 0.4) is 0 Å². The van der Waals surface area contributed by atoms with Gasteiger partial charge in [0.1, 0.15) is 17.2 Å². The highest BCUT2D eigenvalue weighted by Crippen LogP contribution is 2.35. The number of benzene rings is 2. The Morgan fingerprint density at radius 3 is 2.47 bits per heavy atom. The number of ether oxygens (including phenoxy) is 2. The van der Waals surface area contributed by atoms with E-state index in [-0.39, 0.29) is 5.91 Å². The molecular formula is C24H29N3O3.